The molecule has 1 aromatic heterocycles. The number of nitrogens with one attached hydrogen (secondary N) is 2. The molecule has 2 aromatic rings. The van der Waals surface area contributed by atoms with Gasteiger partial charge in [-0.3, -0.25) is 25.4 Å². The highest BCUT2D eigenvalue weighted by molar-refractivity contribution is 5.96. The maximum atomic E-state index is 11.3. The van der Waals surface area contributed by atoms with Crippen molar-refractivity contribution in [3.05, 3.63) is 80.4 Å². The summed E-state index contributed by atoms with van der Waals surface area (Å²) < 4.78 is 0. The number of benzene rings is 1. The Morgan fingerprint density at radius 3 is 2.91 bits per heavy atom. The highest BCUT2D eigenvalue weighted by Crippen LogP contribution is 2.43. The van der Waals surface area contributed by atoms with E-state index in [-0.39, 0.29) is 10.6 Å². The third kappa shape index (κ3) is 5.51. The van der Waals surface area contributed by atoms with Crippen molar-refractivity contribution >= 4 is 22.7 Å². The zero-order valence-corrected chi connectivity index (χ0v) is 20.4. The second kappa shape index (κ2) is 11.1. The lowest BCUT2D eigenvalue weighted by molar-refractivity contribution is -0.384. The predicted molar refractivity (Wildman–Crippen MR) is 136 cm³/mol. The first-order chi connectivity index (χ1) is 17.0. The van der Waals surface area contributed by atoms with Gasteiger partial charge in [0.15, 0.2) is 0 Å². The first-order valence-corrected chi connectivity index (χ1v) is 11.9. The zero-order chi connectivity index (χ0) is 24.8. The monoisotopic (exact) mass is 477 g/mol. The Kier molecular flexibility index (Phi) is 7.77. The number of oxime groups is 1. The lowest BCUT2D eigenvalue weighted by Gasteiger charge is -2.32. The van der Waals surface area contributed by atoms with E-state index < -0.39 is 0 Å². The smallest absolute Gasteiger partial charge is 0.270 e. The molecule has 2 N–H and O–H groups in total. The average Bonchev–Trinajstić information content (AvgIpc) is 2.87. The number of pyridine rings is 1. The molecule has 35 heavy (non-hydrogen) atoms. The number of non-ortho nitro benzene ring substituents is 1. The lowest BCUT2D eigenvalue weighted by atomic mass is 9.84. The molecule has 0 bridgehead atoms. The van der Waals surface area contributed by atoms with Gasteiger partial charge in [-0.1, -0.05) is 18.1 Å². The zero-order valence-electron chi connectivity index (χ0n) is 20.4. The molecule has 2 heterocycles. The van der Waals surface area contributed by atoms with Gasteiger partial charge in [-0.05, 0) is 74.8 Å². The molecule has 2 aliphatic rings. The predicted octanol–water partition coefficient (Wildman–Crippen LogP) is 5.50. The van der Waals surface area contributed by atoms with Gasteiger partial charge < -0.3 is 10.2 Å². The van der Waals surface area contributed by atoms with Crippen LogP contribution in [0.2, 0.25) is 0 Å². The third-order valence-electron chi connectivity index (χ3n) is 6.25. The van der Waals surface area contributed by atoms with E-state index in [1.807, 2.05) is 25.1 Å². The van der Waals surface area contributed by atoms with Gasteiger partial charge in [0.1, 0.15) is 12.8 Å². The van der Waals surface area contributed by atoms with Crippen molar-refractivity contribution in [1.29, 1.82) is 0 Å². The highest BCUT2D eigenvalue weighted by Gasteiger charge is 2.28. The van der Waals surface area contributed by atoms with Gasteiger partial charge in [-0.2, -0.15) is 0 Å². The Labute approximate surface area is 205 Å². The van der Waals surface area contributed by atoms with Gasteiger partial charge in [0, 0.05) is 29.1 Å². The fourth-order valence-corrected chi connectivity index (χ4v) is 4.60. The van der Waals surface area contributed by atoms with E-state index in [1.165, 1.54) is 12.7 Å². The minimum atomic E-state index is -0.342. The summed E-state index contributed by atoms with van der Waals surface area (Å²) in [5.74, 6) is 0. The van der Waals surface area contributed by atoms with Crippen LogP contribution in [0.15, 0.2) is 58.5 Å². The largest absolute Gasteiger partial charge is 0.399 e. The van der Waals surface area contributed by atoms with Crippen molar-refractivity contribution < 1.29 is 14.6 Å². The Balaban J connectivity index is 1.41. The van der Waals surface area contributed by atoms with Gasteiger partial charge in [0.25, 0.3) is 5.69 Å². The first-order valence-electron chi connectivity index (χ1n) is 11.9. The number of hydrogen-bond acceptors (Lipinski definition) is 8. The molecule has 0 saturated heterocycles. The Hall–Kier alpha value is -3.72. The van der Waals surface area contributed by atoms with E-state index in [4.69, 9.17) is 9.68 Å². The van der Waals surface area contributed by atoms with Crippen LogP contribution in [0.1, 0.15) is 62.9 Å². The standard InChI is InChI=1S/C26H31N5O4/c1-4-20-21-10-6-12-25(26(21)28-24-14-13-19(31(32)33)16-22(20)24)30-35-15-7-9-18-8-5-11-23(27-18)17(2)29-34-3/h5,8,11,13-14,16,28,30H,4,6-7,9-10,12,15H2,1-3H3. The van der Waals surface area contributed by atoms with E-state index in [1.54, 1.807) is 18.2 Å². The summed E-state index contributed by atoms with van der Waals surface area (Å²) in [6.45, 7) is 4.50. The van der Waals surface area contributed by atoms with Gasteiger partial charge in [-0.25, -0.2) is 0 Å². The van der Waals surface area contributed by atoms with Crippen LogP contribution in [0.3, 0.4) is 0 Å². The summed E-state index contributed by atoms with van der Waals surface area (Å²) in [6.07, 6.45) is 5.23. The maximum Gasteiger partial charge on any atom is 0.270 e. The van der Waals surface area contributed by atoms with E-state index in [9.17, 15) is 10.1 Å². The molecule has 0 unspecified atom stereocenters. The van der Waals surface area contributed by atoms with Crippen LogP contribution >= 0.6 is 0 Å². The molecular formula is C26H31N5O4. The van der Waals surface area contributed by atoms with Crippen LogP contribution < -0.4 is 10.8 Å². The first kappa shape index (κ1) is 24.4. The number of hydrogen-bond donors (Lipinski definition) is 2. The van der Waals surface area contributed by atoms with E-state index >= 15 is 0 Å². The minimum Gasteiger partial charge on any atom is -0.399 e. The molecule has 4 rings (SSSR count). The molecule has 0 atom stereocenters. The summed E-state index contributed by atoms with van der Waals surface area (Å²) in [5.41, 5.74) is 12.1. The molecule has 9 heteroatoms. The van der Waals surface area contributed by atoms with Gasteiger partial charge in [0.2, 0.25) is 0 Å². The number of rotatable bonds is 10. The Bertz CT molecular complexity index is 1200. The molecule has 1 aliphatic heterocycles. The van der Waals surface area contributed by atoms with Crippen LogP contribution in [0.5, 0.6) is 0 Å². The number of aromatic nitrogens is 1. The van der Waals surface area contributed by atoms with E-state index in [0.717, 1.165) is 83.8 Å². The molecule has 0 spiro atoms. The van der Waals surface area contributed by atoms with Gasteiger partial charge in [-0.15, -0.1) is 0 Å². The highest BCUT2D eigenvalue weighted by atomic mass is 16.6. The second-order valence-corrected chi connectivity index (χ2v) is 8.56. The summed E-state index contributed by atoms with van der Waals surface area (Å²) in [5, 5.41) is 18.7. The fourth-order valence-electron chi connectivity index (χ4n) is 4.60. The molecule has 184 valence electrons. The summed E-state index contributed by atoms with van der Waals surface area (Å²) >= 11 is 0. The maximum absolute atomic E-state index is 11.3. The number of allylic oxidation sites excluding steroid dienone is 3. The van der Waals surface area contributed by atoms with Crippen LogP contribution in [0.25, 0.3) is 5.57 Å². The van der Waals surface area contributed by atoms with Gasteiger partial charge in [0.05, 0.1) is 28.6 Å². The second-order valence-electron chi connectivity index (χ2n) is 8.56. The molecule has 0 radical (unpaired) electrons. The SMILES string of the molecule is CCC1=C2CCCC(NOCCCc3cccc(C(C)=NOC)n3)=C2Nc2ccc([N+](=O)[O-])cc21. The van der Waals surface area contributed by atoms with Crippen molar-refractivity contribution in [2.45, 2.75) is 52.4 Å². The van der Waals surface area contributed by atoms with Crippen molar-refractivity contribution in [3.8, 4) is 0 Å². The number of nitro groups is 1. The number of hydroxylamine groups is 1. The van der Waals surface area contributed by atoms with E-state index in [0.29, 0.717) is 6.61 Å². The van der Waals surface area contributed by atoms with Crippen molar-refractivity contribution in [2.24, 2.45) is 5.16 Å². The Morgan fingerprint density at radius 2 is 2.14 bits per heavy atom. The number of nitrogens with zero attached hydrogens (tertiary/aromatic N) is 3. The van der Waals surface area contributed by atoms with Crippen LogP contribution in [-0.4, -0.2) is 29.3 Å². The quantitative estimate of drug-likeness (QED) is 0.201. The molecule has 9 nitrogen and oxygen atoms in total. The van der Waals surface area contributed by atoms with Crippen molar-refractivity contribution in [2.75, 3.05) is 19.0 Å². The number of aryl methyl sites for hydroxylation is 1. The summed E-state index contributed by atoms with van der Waals surface area (Å²) in [4.78, 5) is 26.2. The van der Waals surface area contributed by atoms with Crippen molar-refractivity contribution in [3.63, 3.8) is 0 Å². The van der Waals surface area contributed by atoms with Crippen molar-refractivity contribution in [1.82, 2.24) is 10.5 Å². The number of fused-ring (bicyclic) bond motifs is 2. The number of nitro benzene ring substituents is 1. The molecule has 0 fully saturated rings. The van der Waals surface area contributed by atoms with Gasteiger partial charge >= 0.3 is 0 Å². The van der Waals surface area contributed by atoms with Crippen LogP contribution in [0, 0.1) is 10.1 Å². The summed E-state index contributed by atoms with van der Waals surface area (Å²) in [7, 11) is 1.52. The van der Waals surface area contributed by atoms with Crippen LogP contribution in [0.4, 0.5) is 11.4 Å². The molecule has 1 aromatic carbocycles. The van der Waals surface area contributed by atoms with Crippen LogP contribution in [-0.2, 0) is 16.1 Å². The fraction of sp³-hybridized carbons (Fsp3) is 0.385. The molecule has 0 saturated carbocycles. The molecule has 0 amide bonds. The number of anilines is 1. The topological polar surface area (TPSA) is 111 Å². The third-order valence-corrected chi connectivity index (χ3v) is 6.25. The normalized spacial score (nSPS) is 15.3. The Morgan fingerprint density at radius 1 is 1.29 bits per heavy atom. The lowest BCUT2D eigenvalue weighted by Crippen LogP contribution is -2.25. The minimum absolute atomic E-state index is 0.114. The summed E-state index contributed by atoms with van der Waals surface area (Å²) in [6, 6.07) is 10.9. The van der Waals surface area contributed by atoms with E-state index in [2.05, 4.69) is 27.9 Å². The molecule has 1 aliphatic carbocycles. The average molecular weight is 478 g/mol. The molecular weight excluding hydrogens is 446 g/mol.